The van der Waals surface area contributed by atoms with Crippen LogP contribution in [-0.2, 0) is 11.2 Å². The van der Waals surface area contributed by atoms with Crippen molar-refractivity contribution >= 4 is 33.9 Å². The zero-order valence-corrected chi connectivity index (χ0v) is 9.58. The second-order valence-electron chi connectivity index (χ2n) is 3.80. The van der Waals surface area contributed by atoms with Gasteiger partial charge in [-0.3, -0.25) is 14.9 Å². The Morgan fingerprint density at radius 1 is 1.41 bits per heavy atom. The SMILES string of the molecule is O=C1NC(=O)C(Cc2c[nH]c3ncccc23)S1. The fraction of sp³-hybridized carbons (Fsp3) is 0.182. The van der Waals surface area contributed by atoms with Crippen LogP contribution in [0, 0.1) is 0 Å². The van der Waals surface area contributed by atoms with Crippen molar-refractivity contribution < 1.29 is 9.59 Å². The number of nitrogens with zero attached hydrogens (tertiary/aromatic N) is 1. The minimum atomic E-state index is -0.332. The van der Waals surface area contributed by atoms with Gasteiger partial charge in [0.1, 0.15) is 5.65 Å². The van der Waals surface area contributed by atoms with Gasteiger partial charge in [-0.15, -0.1) is 0 Å². The molecule has 3 heterocycles. The number of hydrogen-bond donors (Lipinski definition) is 2. The summed E-state index contributed by atoms with van der Waals surface area (Å²) in [6.45, 7) is 0. The molecule has 1 aliphatic heterocycles. The van der Waals surface area contributed by atoms with E-state index in [0.29, 0.717) is 6.42 Å². The summed E-state index contributed by atoms with van der Waals surface area (Å²) in [6, 6.07) is 3.81. The topological polar surface area (TPSA) is 74.8 Å². The zero-order chi connectivity index (χ0) is 11.8. The average Bonchev–Trinajstić information content (AvgIpc) is 2.85. The molecule has 1 atom stereocenters. The van der Waals surface area contributed by atoms with Crippen molar-refractivity contribution in [3.63, 3.8) is 0 Å². The number of pyridine rings is 1. The molecule has 1 saturated heterocycles. The van der Waals surface area contributed by atoms with E-state index in [0.717, 1.165) is 28.4 Å². The Labute approximate surface area is 101 Å². The van der Waals surface area contributed by atoms with Crippen LogP contribution in [0.15, 0.2) is 24.5 Å². The lowest BCUT2D eigenvalue weighted by Gasteiger charge is -2.02. The Morgan fingerprint density at radius 2 is 2.29 bits per heavy atom. The summed E-state index contributed by atoms with van der Waals surface area (Å²) < 4.78 is 0. The van der Waals surface area contributed by atoms with Gasteiger partial charge in [0, 0.05) is 17.8 Å². The highest BCUT2D eigenvalue weighted by Gasteiger charge is 2.32. The second kappa shape index (κ2) is 3.89. The van der Waals surface area contributed by atoms with Crippen LogP contribution in [0.4, 0.5) is 4.79 Å². The summed E-state index contributed by atoms with van der Waals surface area (Å²) in [5.74, 6) is -0.210. The Balaban J connectivity index is 1.90. The maximum absolute atomic E-state index is 11.5. The highest BCUT2D eigenvalue weighted by atomic mass is 32.2. The third-order valence-corrected chi connectivity index (χ3v) is 3.69. The van der Waals surface area contributed by atoms with E-state index in [1.807, 2.05) is 18.3 Å². The first-order chi connectivity index (χ1) is 8.24. The largest absolute Gasteiger partial charge is 0.346 e. The number of rotatable bonds is 2. The Morgan fingerprint density at radius 3 is 3.06 bits per heavy atom. The van der Waals surface area contributed by atoms with E-state index in [2.05, 4.69) is 15.3 Å². The number of nitrogens with one attached hydrogen (secondary N) is 2. The average molecular weight is 247 g/mol. The normalized spacial score (nSPS) is 19.9. The van der Waals surface area contributed by atoms with Crippen molar-refractivity contribution in [1.82, 2.24) is 15.3 Å². The van der Waals surface area contributed by atoms with Gasteiger partial charge < -0.3 is 4.98 Å². The van der Waals surface area contributed by atoms with E-state index in [1.54, 1.807) is 6.20 Å². The standard InChI is InChI=1S/C11H9N3O2S/c15-10-8(17-11(16)14-10)4-6-5-13-9-7(6)2-1-3-12-9/h1-3,5,8H,4H2,(H,12,13)(H,14,15,16). The zero-order valence-electron chi connectivity index (χ0n) is 8.77. The van der Waals surface area contributed by atoms with E-state index in [-0.39, 0.29) is 16.4 Å². The van der Waals surface area contributed by atoms with Gasteiger partial charge in [0.05, 0.1) is 5.25 Å². The van der Waals surface area contributed by atoms with Crippen LogP contribution in [0.3, 0.4) is 0 Å². The van der Waals surface area contributed by atoms with E-state index in [4.69, 9.17) is 0 Å². The number of hydrogen-bond acceptors (Lipinski definition) is 4. The number of imide groups is 1. The van der Waals surface area contributed by atoms with Gasteiger partial charge in [-0.05, 0) is 24.1 Å². The van der Waals surface area contributed by atoms with E-state index in [9.17, 15) is 9.59 Å². The van der Waals surface area contributed by atoms with Crippen LogP contribution >= 0.6 is 11.8 Å². The highest BCUT2D eigenvalue weighted by molar-refractivity contribution is 8.15. The first-order valence-electron chi connectivity index (χ1n) is 5.16. The van der Waals surface area contributed by atoms with Gasteiger partial charge in [-0.1, -0.05) is 11.8 Å². The van der Waals surface area contributed by atoms with E-state index in [1.165, 1.54) is 0 Å². The highest BCUT2D eigenvalue weighted by Crippen LogP contribution is 2.25. The number of H-pyrrole nitrogens is 1. The lowest BCUT2D eigenvalue weighted by molar-refractivity contribution is -0.118. The van der Waals surface area contributed by atoms with Crippen LogP contribution < -0.4 is 5.32 Å². The predicted molar refractivity (Wildman–Crippen MR) is 64.7 cm³/mol. The first kappa shape index (κ1) is 10.3. The molecule has 17 heavy (non-hydrogen) atoms. The number of amides is 2. The summed E-state index contributed by atoms with van der Waals surface area (Å²) >= 11 is 1.05. The summed E-state index contributed by atoms with van der Waals surface area (Å²) in [5, 5.41) is 2.69. The van der Waals surface area contributed by atoms with Crippen LogP contribution in [0.5, 0.6) is 0 Å². The maximum Gasteiger partial charge on any atom is 0.286 e. The monoisotopic (exact) mass is 247 g/mol. The third-order valence-electron chi connectivity index (χ3n) is 2.71. The molecule has 0 bridgehead atoms. The summed E-state index contributed by atoms with van der Waals surface area (Å²) in [6.07, 6.45) is 4.09. The molecule has 0 spiro atoms. The molecule has 2 aromatic heterocycles. The molecule has 6 heteroatoms. The fourth-order valence-corrected chi connectivity index (χ4v) is 2.76. The molecule has 1 fully saturated rings. The van der Waals surface area contributed by atoms with E-state index < -0.39 is 0 Å². The molecule has 0 aliphatic carbocycles. The van der Waals surface area contributed by atoms with Gasteiger partial charge in [0.2, 0.25) is 5.91 Å². The molecule has 1 unspecified atom stereocenters. The Bertz CT molecular complexity index is 608. The molecule has 0 aromatic carbocycles. The molecule has 3 rings (SSSR count). The minimum Gasteiger partial charge on any atom is -0.346 e. The van der Waals surface area contributed by atoms with Crippen molar-refractivity contribution in [1.29, 1.82) is 0 Å². The molecular weight excluding hydrogens is 238 g/mol. The van der Waals surface area contributed by atoms with Crippen LogP contribution in [-0.4, -0.2) is 26.4 Å². The van der Waals surface area contributed by atoms with Crippen molar-refractivity contribution in [3.8, 4) is 0 Å². The molecule has 0 saturated carbocycles. The van der Waals surface area contributed by atoms with Gasteiger partial charge >= 0.3 is 0 Å². The van der Waals surface area contributed by atoms with Crippen LogP contribution in [0.25, 0.3) is 11.0 Å². The molecule has 2 aromatic rings. The molecule has 0 radical (unpaired) electrons. The van der Waals surface area contributed by atoms with Gasteiger partial charge in [0.25, 0.3) is 5.24 Å². The summed E-state index contributed by atoms with van der Waals surface area (Å²) in [4.78, 5) is 29.8. The van der Waals surface area contributed by atoms with Crippen LogP contribution in [0.1, 0.15) is 5.56 Å². The lowest BCUT2D eigenvalue weighted by atomic mass is 10.1. The maximum atomic E-state index is 11.5. The predicted octanol–water partition coefficient (Wildman–Crippen LogP) is 1.46. The fourth-order valence-electron chi connectivity index (χ4n) is 1.91. The van der Waals surface area contributed by atoms with Crippen molar-refractivity contribution in [2.24, 2.45) is 0 Å². The van der Waals surface area contributed by atoms with Gasteiger partial charge in [0.15, 0.2) is 0 Å². The third kappa shape index (κ3) is 1.80. The van der Waals surface area contributed by atoms with Gasteiger partial charge in [-0.2, -0.15) is 0 Å². The molecule has 2 N–H and O–H groups in total. The molecule has 5 nitrogen and oxygen atoms in total. The number of thioether (sulfide) groups is 1. The second-order valence-corrected chi connectivity index (χ2v) is 4.98. The first-order valence-corrected chi connectivity index (χ1v) is 6.04. The minimum absolute atomic E-state index is 0.210. The van der Waals surface area contributed by atoms with Crippen LogP contribution in [0.2, 0.25) is 0 Å². The molecule has 86 valence electrons. The smallest absolute Gasteiger partial charge is 0.286 e. The van der Waals surface area contributed by atoms with Crippen molar-refractivity contribution in [2.75, 3.05) is 0 Å². The van der Waals surface area contributed by atoms with Crippen molar-refractivity contribution in [2.45, 2.75) is 11.7 Å². The molecule has 1 aliphatic rings. The number of carbonyl (C=O) groups excluding carboxylic acids is 2. The quantitative estimate of drug-likeness (QED) is 0.842. The van der Waals surface area contributed by atoms with Crippen molar-refractivity contribution in [3.05, 3.63) is 30.1 Å². The number of aromatic nitrogens is 2. The number of aromatic amines is 1. The number of carbonyl (C=O) groups is 2. The lowest BCUT2D eigenvalue weighted by Crippen LogP contribution is -2.25. The summed E-state index contributed by atoms with van der Waals surface area (Å²) in [7, 11) is 0. The summed E-state index contributed by atoms with van der Waals surface area (Å²) in [5.41, 5.74) is 1.81. The van der Waals surface area contributed by atoms with Gasteiger partial charge in [-0.25, -0.2) is 4.98 Å². The van der Waals surface area contributed by atoms with E-state index >= 15 is 0 Å². The molecule has 2 amide bonds. The molecular formula is C11H9N3O2S. The Hall–Kier alpha value is -1.82. The Kier molecular flexibility index (Phi) is 2.36. The number of fused-ring (bicyclic) bond motifs is 1.